The summed E-state index contributed by atoms with van der Waals surface area (Å²) in [5.74, 6) is -1.22. The molecule has 1 aliphatic rings. The van der Waals surface area contributed by atoms with E-state index in [1.165, 1.54) is 17.4 Å². The first-order valence-corrected chi connectivity index (χ1v) is 10.8. The average molecular weight is 444 g/mol. The number of amides is 2. The second-order valence-electron chi connectivity index (χ2n) is 6.54. The van der Waals surface area contributed by atoms with Gasteiger partial charge in [-0.2, -0.15) is 0 Å². The number of hydrogen-bond donors (Lipinski definition) is 2. The van der Waals surface area contributed by atoms with Crippen molar-refractivity contribution in [3.05, 3.63) is 40.8 Å². The summed E-state index contributed by atoms with van der Waals surface area (Å²) in [6.45, 7) is 0. The molecule has 150 valence electrons. The number of aromatic nitrogens is 1. The lowest BCUT2D eigenvalue weighted by Crippen LogP contribution is -2.38. The van der Waals surface area contributed by atoms with Gasteiger partial charge >= 0.3 is 12.0 Å². The lowest BCUT2D eigenvalue weighted by Gasteiger charge is -2.24. The molecule has 0 radical (unpaired) electrons. The van der Waals surface area contributed by atoms with E-state index in [0.717, 1.165) is 28.8 Å². The number of benzene rings is 1. The van der Waals surface area contributed by atoms with Crippen molar-refractivity contribution in [3.8, 4) is 0 Å². The van der Waals surface area contributed by atoms with Crippen molar-refractivity contribution < 1.29 is 19.1 Å². The number of carboxylic acids is 1. The van der Waals surface area contributed by atoms with E-state index in [2.05, 4.69) is 10.3 Å². The minimum Gasteiger partial charge on any atom is -0.481 e. The van der Waals surface area contributed by atoms with Crippen LogP contribution in [0.4, 0.5) is 14.3 Å². The number of nitrogens with one attached hydrogen (secondary N) is 1. The highest BCUT2D eigenvalue weighted by Gasteiger charge is 2.32. The Hall–Kier alpha value is -1.84. The molecule has 1 saturated carbocycles. The van der Waals surface area contributed by atoms with Gasteiger partial charge in [0, 0.05) is 18.1 Å². The number of carboxylic acid groups (broad SMARTS) is 1. The third-order valence-corrected chi connectivity index (χ3v) is 7.04. The topological polar surface area (TPSA) is 82.5 Å². The monoisotopic (exact) mass is 443 g/mol. The van der Waals surface area contributed by atoms with Crippen LogP contribution in [0.25, 0.3) is 0 Å². The number of halogens is 2. The highest BCUT2D eigenvalue weighted by molar-refractivity contribution is 8.01. The molecule has 2 atom stereocenters. The first-order valence-electron chi connectivity index (χ1n) is 8.62. The van der Waals surface area contributed by atoms with E-state index in [-0.39, 0.29) is 29.6 Å². The summed E-state index contributed by atoms with van der Waals surface area (Å²) in [6.07, 6.45) is 3.81. The number of thiazole rings is 1. The summed E-state index contributed by atoms with van der Waals surface area (Å²) in [6, 6.07) is 4.44. The molecule has 10 heteroatoms. The molecule has 1 heterocycles. The van der Waals surface area contributed by atoms with Crippen molar-refractivity contribution in [3.63, 3.8) is 0 Å². The summed E-state index contributed by atoms with van der Waals surface area (Å²) in [5.41, 5.74) is 0.640. The van der Waals surface area contributed by atoms with E-state index < -0.39 is 5.97 Å². The molecule has 1 aromatic carbocycles. The molecule has 28 heavy (non-hydrogen) atoms. The van der Waals surface area contributed by atoms with Crippen molar-refractivity contribution in [2.75, 3.05) is 18.1 Å². The first-order chi connectivity index (χ1) is 13.3. The molecule has 1 aliphatic carbocycles. The summed E-state index contributed by atoms with van der Waals surface area (Å²) in [5, 5.41) is 12.2. The van der Waals surface area contributed by atoms with Crippen molar-refractivity contribution in [2.24, 2.45) is 0 Å². The summed E-state index contributed by atoms with van der Waals surface area (Å²) < 4.78 is 14.9. The minimum atomic E-state index is -0.906. The third-order valence-electron chi connectivity index (χ3n) is 4.71. The van der Waals surface area contributed by atoms with Crippen LogP contribution in [0.15, 0.2) is 28.6 Å². The Bertz CT molecular complexity index is 880. The predicted molar refractivity (Wildman–Crippen MR) is 109 cm³/mol. The number of nitrogens with zero attached hydrogens (tertiary/aromatic N) is 2. The van der Waals surface area contributed by atoms with Crippen LogP contribution < -0.4 is 5.32 Å². The lowest BCUT2D eigenvalue weighted by atomic mass is 9.97. The maximum absolute atomic E-state index is 14.2. The molecular weight excluding hydrogens is 425 g/mol. The van der Waals surface area contributed by atoms with Gasteiger partial charge in [-0.1, -0.05) is 29.0 Å². The maximum atomic E-state index is 14.2. The van der Waals surface area contributed by atoms with Gasteiger partial charge in [0.2, 0.25) is 0 Å². The molecule has 2 amide bonds. The van der Waals surface area contributed by atoms with Gasteiger partial charge in [-0.15, -0.1) is 11.8 Å². The second-order valence-corrected chi connectivity index (χ2v) is 9.28. The molecule has 6 nitrogen and oxygen atoms in total. The minimum absolute atomic E-state index is 0.000830. The smallest absolute Gasteiger partial charge is 0.323 e. The normalized spacial score (nSPS) is 18.8. The zero-order chi connectivity index (χ0) is 20.3. The van der Waals surface area contributed by atoms with Crippen LogP contribution in [-0.2, 0) is 4.79 Å². The van der Waals surface area contributed by atoms with Crippen LogP contribution in [0.3, 0.4) is 0 Å². The van der Waals surface area contributed by atoms with Gasteiger partial charge in [0.15, 0.2) is 5.13 Å². The van der Waals surface area contributed by atoms with E-state index in [1.54, 1.807) is 30.3 Å². The Morgan fingerprint density at radius 1 is 1.46 bits per heavy atom. The lowest BCUT2D eigenvalue weighted by molar-refractivity contribution is -0.133. The van der Waals surface area contributed by atoms with Gasteiger partial charge in [-0.25, -0.2) is 14.2 Å². The van der Waals surface area contributed by atoms with Gasteiger partial charge in [-0.3, -0.25) is 10.1 Å². The SMILES string of the molecule is CN(C(=O)Nc1ncc(SCC(=O)O)s1)C1CCC(c2ccc(Cl)cc2F)C1. The Balaban J connectivity index is 1.56. The third kappa shape index (κ3) is 5.15. The van der Waals surface area contributed by atoms with Crippen LogP contribution in [0.5, 0.6) is 0 Å². The van der Waals surface area contributed by atoms with Gasteiger partial charge in [-0.05, 0) is 42.9 Å². The van der Waals surface area contributed by atoms with Crippen LogP contribution >= 0.6 is 34.7 Å². The highest BCUT2D eigenvalue weighted by atomic mass is 35.5. The van der Waals surface area contributed by atoms with E-state index in [4.69, 9.17) is 16.7 Å². The molecule has 0 saturated heterocycles. The largest absolute Gasteiger partial charge is 0.481 e. The number of carbonyl (C=O) groups excluding carboxylic acids is 1. The standard InChI is InChI=1S/C18H19ClFN3O3S2/c1-23(18(26)22-17-21-8-16(28-17)27-9-15(24)25)12-4-2-10(6-12)13-5-3-11(19)7-14(13)20/h3,5,7-8,10,12H,2,4,6,9H2,1H3,(H,24,25)(H,21,22,26). The fourth-order valence-electron chi connectivity index (χ4n) is 3.29. The number of hydrogen-bond acceptors (Lipinski definition) is 5. The number of rotatable bonds is 6. The molecule has 2 unspecified atom stereocenters. The van der Waals surface area contributed by atoms with E-state index in [1.807, 2.05) is 0 Å². The van der Waals surface area contributed by atoms with Gasteiger partial charge in [0.1, 0.15) is 5.82 Å². The van der Waals surface area contributed by atoms with E-state index in [9.17, 15) is 14.0 Å². The number of anilines is 1. The number of urea groups is 1. The maximum Gasteiger partial charge on any atom is 0.323 e. The summed E-state index contributed by atoms with van der Waals surface area (Å²) in [4.78, 5) is 28.9. The average Bonchev–Trinajstić information content (AvgIpc) is 3.29. The van der Waals surface area contributed by atoms with Crippen molar-refractivity contribution in [1.29, 1.82) is 0 Å². The fraction of sp³-hybridized carbons (Fsp3) is 0.389. The molecule has 0 aliphatic heterocycles. The zero-order valence-electron chi connectivity index (χ0n) is 15.0. The molecule has 1 aromatic heterocycles. The van der Waals surface area contributed by atoms with Crippen molar-refractivity contribution in [2.45, 2.75) is 35.4 Å². The van der Waals surface area contributed by atoms with Gasteiger partial charge in [0.25, 0.3) is 0 Å². The van der Waals surface area contributed by atoms with E-state index in [0.29, 0.717) is 22.1 Å². The second kappa shape index (κ2) is 9.11. The molecule has 3 rings (SSSR count). The summed E-state index contributed by atoms with van der Waals surface area (Å²) in [7, 11) is 1.72. The van der Waals surface area contributed by atoms with Gasteiger partial charge < -0.3 is 10.0 Å². The number of aliphatic carboxylic acids is 1. The van der Waals surface area contributed by atoms with Crippen molar-refractivity contribution >= 4 is 51.8 Å². The molecule has 2 aromatic rings. The number of carbonyl (C=O) groups is 2. The van der Waals surface area contributed by atoms with Crippen LogP contribution in [0.1, 0.15) is 30.7 Å². The molecule has 0 spiro atoms. The van der Waals surface area contributed by atoms with Crippen LogP contribution in [0.2, 0.25) is 5.02 Å². The molecule has 2 N–H and O–H groups in total. The fourth-order valence-corrected chi connectivity index (χ4v) is 5.03. The highest BCUT2D eigenvalue weighted by Crippen LogP contribution is 2.38. The van der Waals surface area contributed by atoms with Crippen molar-refractivity contribution in [1.82, 2.24) is 9.88 Å². The predicted octanol–water partition coefficient (Wildman–Crippen LogP) is 4.91. The Morgan fingerprint density at radius 3 is 2.96 bits per heavy atom. The first kappa shape index (κ1) is 20.9. The van der Waals surface area contributed by atoms with Crippen LogP contribution in [0, 0.1) is 5.82 Å². The molecule has 0 bridgehead atoms. The van der Waals surface area contributed by atoms with Crippen LogP contribution in [-0.4, -0.2) is 45.8 Å². The Labute approximate surface area is 175 Å². The van der Waals surface area contributed by atoms with Gasteiger partial charge in [0.05, 0.1) is 16.2 Å². The van der Waals surface area contributed by atoms with E-state index >= 15 is 0 Å². The Morgan fingerprint density at radius 2 is 2.25 bits per heavy atom. The quantitative estimate of drug-likeness (QED) is 0.619. The molecular formula is C18H19ClFN3O3S2. The zero-order valence-corrected chi connectivity index (χ0v) is 17.4. The number of thioether (sulfide) groups is 1. The summed E-state index contributed by atoms with van der Waals surface area (Å²) >= 11 is 8.21. The molecule has 1 fully saturated rings. The Kier molecular flexibility index (Phi) is 6.79.